The number of thioether (sulfide) groups is 1. The van der Waals surface area contributed by atoms with Gasteiger partial charge in [-0.3, -0.25) is 0 Å². The molecule has 0 spiro atoms. The number of hydrogen-bond acceptors (Lipinski definition) is 3. The van der Waals surface area contributed by atoms with Crippen molar-refractivity contribution in [3.05, 3.63) is 29.8 Å². The van der Waals surface area contributed by atoms with Crippen LogP contribution in [0.15, 0.2) is 23.1 Å². The van der Waals surface area contributed by atoms with E-state index in [1.165, 1.54) is 4.31 Å². The van der Waals surface area contributed by atoms with Gasteiger partial charge in [-0.25, -0.2) is 17.2 Å². The highest BCUT2D eigenvalue weighted by Gasteiger charge is 2.28. The maximum absolute atomic E-state index is 13.5. The van der Waals surface area contributed by atoms with Crippen molar-refractivity contribution < 1.29 is 17.2 Å². The molecule has 1 fully saturated rings. The third-order valence-electron chi connectivity index (χ3n) is 2.48. The van der Waals surface area contributed by atoms with Crippen molar-refractivity contribution in [2.75, 3.05) is 24.6 Å². The molecule has 0 amide bonds. The fourth-order valence-corrected chi connectivity index (χ4v) is 4.23. The van der Waals surface area contributed by atoms with Crippen molar-refractivity contribution in [1.82, 2.24) is 4.31 Å². The Morgan fingerprint density at radius 3 is 2.41 bits per heavy atom. The largest absolute Gasteiger partial charge is 0.246 e. The van der Waals surface area contributed by atoms with E-state index in [4.69, 9.17) is 0 Å². The summed E-state index contributed by atoms with van der Waals surface area (Å²) in [5.41, 5.74) is 0. The number of hydrogen-bond donors (Lipinski definition) is 0. The Morgan fingerprint density at radius 1 is 1.18 bits per heavy atom. The van der Waals surface area contributed by atoms with E-state index in [0.29, 0.717) is 30.7 Å². The molecule has 1 aromatic carbocycles. The molecular formula is C10H11F2NO2S2. The van der Waals surface area contributed by atoms with Crippen LogP contribution in [-0.2, 0) is 10.0 Å². The third kappa shape index (κ3) is 2.61. The van der Waals surface area contributed by atoms with Crippen molar-refractivity contribution in [3.8, 4) is 0 Å². The molecule has 7 heteroatoms. The van der Waals surface area contributed by atoms with Crippen LogP contribution >= 0.6 is 11.8 Å². The van der Waals surface area contributed by atoms with Gasteiger partial charge in [-0.05, 0) is 12.1 Å². The Kier molecular flexibility index (Phi) is 3.70. The Bertz CT molecular complexity index is 513. The van der Waals surface area contributed by atoms with Gasteiger partial charge in [0.05, 0.1) is 0 Å². The second kappa shape index (κ2) is 4.91. The minimum Gasteiger partial charge on any atom is -0.207 e. The van der Waals surface area contributed by atoms with E-state index in [2.05, 4.69) is 0 Å². The van der Waals surface area contributed by atoms with Gasteiger partial charge in [-0.15, -0.1) is 0 Å². The number of halogens is 2. The van der Waals surface area contributed by atoms with Gasteiger partial charge in [0.1, 0.15) is 16.5 Å². The number of benzene rings is 1. The summed E-state index contributed by atoms with van der Waals surface area (Å²) in [5, 5.41) is 0. The summed E-state index contributed by atoms with van der Waals surface area (Å²) in [6.45, 7) is 0.730. The first-order valence-electron chi connectivity index (χ1n) is 5.05. The zero-order chi connectivity index (χ0) is 12.5. The Labute approximate surface area is 103 Å². The van der Waals surface area contributed by atoms with Gasteiger partial charge in [0.2, 0.25) is 10.0 Å². The molecule has 1 aliphatic rings. The molecule has 0 unspecified atom stereocenters. The van der Waals surface area contributed by atoms with E-state index in [1.54, 1.807) is 11.8 Å². The molecule has 2 rings (SSSR count). The fraction of sp³-hybridized carbons (Fsp3) is 0.400. The molecule has 3 nitrogen and oxygen atoms in total. The molecule has 0 aromatic heterocycles. The maximum atomic E-state index is 13.5. The normalized spacial score (nSPS) is 18.2. The maximum Gasteiger partial charge on any atom is 0.246 e. The molecule has 0 radical (unpaired) electrons. The van der Waals surface area contributed by atoms with Crippen LogP contribution in [0, 0.1) is 11.6 Å². The summed E-state index contributed by atoms with van der Waals surface area (Å²) in [7, 11) is -3.83. The minimum absolute atomic E-state index is 0.365. The highest BCUT2D eigenvalue weighted by molar-refractivity contribution is 7.99. The Morgan fingerprint density at radius 2 is 1.82 bits per heavy atom. The van der Waals surface area contributed by atoms with Crippen LogP contribution in [0.1, 0.15) is 0 Å². The number of rotatable bonds is 2. The van der Waals surface area contributed by atoms with E-state index in [-0.39, 0.29) is 0 Å². The molecule has 94 valence electrons. The zero-order valence-corrected chi connectivity index (χ0v) is 10.5. The predicted molar refractivity (Wildman–Crippen MR) is 62.4 cm³/mol. The van der Waals surface area contributed by atoms with Gasteiger partial charge in [-0.1, -0.05) is 0 Å². The number of sulfonamides is 1. The van der Waals surface area contributed by atoms with Crippen molar-refractivity contribution in [1.29, 1.82) is 0 Å². The first-order chi connectivity index (χ1) is 8.01. The summed E-state index contributed by atoms with van der Waals surface area (Å²) >= 11 is 1.66. The molecule has 0 bridgehead atoms. The van der Waals surface area contributed by atoms with Crippen molar-refractivity contribution in [3.63, 3.8) is 0 Å². The van der Waals surface area contributed by atoms with Crippen LogP contribution in [0.2, 0.25) is 0 Å². The molecule has 0 aliphatic carbocycles. The van der Waals surface area contributed by atoms with Crippen LogP contribution < -0.4 is 0 Å². The molecule has 1 aliphatic heterocycles. The van der Waals surface area contributed by atoms with Gasteiger partial charge in [-0.2, -0.15) is 16.1 Å². The van der Waals surface area contributed by atoms with Crippen LogP contribution in [-0.4, -0.2) is 37.3 Å². The Balaban J connectivity index is 2.37. The second-order valence-electron chi connectivity index (χ2n) is 3.59. The van der Waals surface area contributed by atoms with Gasteiger partial charge in [0.25, 0.3) is 0 Å². The molecule has 0 N–H and O–H groups in total. The topological polar surface area (TPSA) is 37.4 Å². The summed E-state index contributed by atoms with van der Waals surface area (Å²) in [4.78, 5) is -0.453. The molecule has 0 saturated carbocycles. The third-order valence-corrected chi connectivity index (χ3v) is 5.36. The monoisotopic (exact) mass is 279 g/mol. The van der Waals surface area contributed by atoms with Crippen LogP contribution in [0.25, 0.3) is 0 Å². The standard InChI is InChI=1S/C10H11F2NO2S2/c11-8-1-2-10(9(12)7-8)17(14,15)13-3-5-16-6-4-13/h1-2,7H,3-6H2. The van der Waals surface area contributed by atoms with E-state index >= 15 is 0 Å². The Hall–Kier alpha value is -0.660. The highest BCUT2D eigenvalue weighted by Crippen LogP contribution is 2.22. The fourth-order valence-electron chi connectivity index (χ4n) is 1.61. The van der Waals surface area contributed by atoms with Crippen LogP contribution in [0.5, 0.6) is 0 Å². The lowest BCUT2D eigenvalue weighted by molar-refractivity contribution is 0.437. The van der Waals surface area contributed by atoms with Crippen LogP contribution in [0.3, 0.4) is 0 Å². The van der Waals surface area contributed by atoms with E-state index < -0.39 is 26.6 Å². The smallest absolute Gasteiger partial charge is 0.207 e. The summed E-state index contributed by atoms with van der Waals surface area (Å²) in [6, 6.07) is 2.52. The second-order valence-corrected chi connectivity index (χ2v) is 6.72. The van der Waals surface area contributed by atoms with Gasteiger partial charge < -0.3 is 0 Å². The first kappa shape index (κ1) is 12.8. The number of nitrogens with zero attached hydrogens (tertiary/aromatic N) is 1. The van der Waals surface area contributed by atoms with Crippen molar-refractivity contribution >= 4 is 21.8 Å². The molecule has 1 saturated heterocycles. The average Bonchev–Trinajstić information content (AvgIpc) is 2.29. The summed E-state index contributed by atoms with van der Waals surface area (Å²) in [6.07, 6.45) is 0. The van der Waals surface area contributed by atoms with E-state index in [0.717, 1.165) is 12.1 Å². The molecular weight excluding hydrogens is 268 g/mol. The highest BCUT2D eigenvalue weighted by atomic mass is 32.2. The first-order valence-corrected chi connectivity index (χ1v) is 7.64. The lowest BCUT2D eigenvalue weighted by Crippen LogP contribution is -2.38. The minimum atomic E-state index is -3.83. The van der Waals surface area contributed by atoms with Gasteiger partial charge in [0, 0.05) is 30.7 Å². The average molecular weight is 279 g/mol. The van der Waals surface area contributed by atoms with E-state index in [1.807, 2.05) is 0 Å². The lowest BCUT2D eigenvalue weighted by Gasteiger charge is -2.25. The lowest BCUT2D eigenvalue weighted by atomic mass is 10.3. The molecule has 1 heterocycles. The summed E-state index contributed by atoms with van der Waals surface area (Å²) in [5.74, 6) is -0.428. The molecule has 0 atom stereocenters. The molecule has 1 aromatic rings. The summed E-state index contributed by atoms with van der Waals surface area (Å²) < 4.78 is 51.6. The quantitative estimate of drug-likeness (QED) is 0.827. The van der Waals surface area contributed by atoms with Gasteiger partial charge in [0.15, 0.2) is 0 Å². The van der Waals surface area contributed by atoms with E-state index in [9.17, 15) is 17.2 Å². The van der Waals surface area contributed by atoms with Gasteiger partial charge >= 0.3 is 0 Å². The SMILES string of the molecule is O=S(=O)(c1ccc(F)cc1F)N1CCSCC1. The van der Waals surface area contributed by atoms with Crippen LogP contribution in [0.4, 0.5) is 8.78 Å². The zero-order valence-electron chi connectivity index (χ0n) is 8.90. The molecule has 17 heavy (non-hydrogen) atoms. The van der Waals surface area contributed by atoms with Crippen molar-refractivity contribution in [2.24, 2.45) is 0 Å². The van der Waals surface area contributed by atoms with Crippen molar-refractivity contribution in [2.45, 2.75) is 4.90 Å². The predicted octanol–water partition coefficient (Wildman–Crippen LogP) is 1.70.